The summed E-state index contributed by atoms with van der Waals surface area (Å²) in [6.07, 6.45) is -5.41. The van der Waals surface area contributed by atoms with E-state index in [4.69, 9.17) is 11.6 Å². The highest BCUT2D eigenvalue weighted by atomic mass is 35.5. The van der Waals surface area contributed by atoms with E-state index in [1.54, 1.807) is 0 Å². The van der Waals surface area contributed by atoms with Crippen molar-refractivity contribution in [3.05, 3.63) is 34.9 Å². The molecule has 0 saturated heterocycles. The fraction of sp³-hybridized carbons (Fsp3) is 0.400. The lowest BCUT2D eigenvalue weighted by Crippen LogP contribution is -2.58. The maximum Gasteiger partial charge on any atom is 0.416 e. The van der Waals surface area contributed by atoms with Gasteiger partial charge < -0.3 is 9.47 Å². The molecule has 5 nitrogen and oxygen atoms in total. The number of benzene rings is 1. The minimum absolute atomic E-state index is 0.145. The standard InChI is InChI=1S/C15H14ClF3O5/c1-8(11(20)9-4-6-10(16)7-5-9)14(12(21)23-2,13(22)24-3)15(17,18)19/h4-8H,1-3H3. The lowest BCUT2D eigenvalue weighted by atomic mass is 9.72. The van der Waals surface area contributed by atoms with Crippen LogP contribution in [0, 0.1) is 11.3 Å². The van der Waals surface area contributed by atoms with Gasteiger partial charge in [0.05, 0.1) is 20.1 Å². The van der Waals surface area contributed by atoms with Crippen LogP contribution in [0.1, 0.15) is 17.3 Å². The van der Waals surface area contributed by atoms with Gasteiger partial charge in [0.25, 0.3) is 5.41 Å². The average Bonchev–Trinajstić information content (AvgIpc) is 2.53. The number of carbonyl (C=O) groups excluding carboxylic acids is 3. The van der Waals surface area contributed by atoms with Crippen molar-refractivity contribution in [1.82, 2.24) is 0 Å². The van der Waals surface area contributed by atoms with Crippen LogP contribution in [0.5, 0.6) is 0 Å². The molecule has 0 spiro atoms. The fourth-order valence-electron chi connectivity index (χ4n) is 2.30. The van der Waals surface area contributed by atoms with E-state index in [1.165, 1.54) is 24.3 Å². The van der Waals surface area contributed by atoms with Crippen LogP contribution < -0.4 is 0 Å². The van der Waals surface area contributed by atoms with Crippen LogP contribution in [0.15, 0.2) is 24.3 Å². The van der Waals surface area contributed by atoms with Gasteiger partial charge >= 0.3 is 18.1 Å². The van der Waals surface area contributed by atoms with Crippen molar-refractivity contribution in [3.63, 3.8) is 0 Å². The summed E-state index contributed by atoms with van der Waals surface area (Å²) in [6.45, 7) is 0.818. The molecule has 0 aliphatic heterocycles. The number of hydrogen-bond donors (Lipinski definition) is 0. The van der Waals surface area contributed by atoms with Crippen molar-refractivity contribution in [2.24, 2.45) is 11.3 Å². The van der Waals surface area contributed by atoms with Crippen molar-refractivity contribution in [1.29, 1.82) is 0 Å². The molecule has 0 heterocycles. The number of esters is 2. The molecule has 0 bridgehead atoms. The number of alkyl halides is 3. The largest absolute Gasteiger partial charge is 0.468 e. The molecule has 1 rings (SSSR count). The Hall–Kier alpha value is -2.09. The fourth-order valence-corrected chi connectivity index (χ4v) is 2.42. The third-order valence-corrected chi connectivity index (χ3v) is 3.89. The number of halogens is 4. The van der Waals surface area contributed by atoms with E-state index in [1.807, 2.05) is 0 Å². The smallest absolute Gasteiger partial charge is 0.416 e. The summed E-state index contributed by atoms with van der Waals surface area (Å²) < 4.78 is 49.3. The maximum atomic E-state index is 13.7. The van der Waals surface area contributed by atoms with Gasteiger partial charge in [0, 0.05) is 10.6 Å². The van der Waals surface area contributed by atoms with Crippen molar-refractivity contribution < 1.29 is 37.0 Å². The van der Waals surface area contributed by atoms with Gasteiger partial charge in [-0.15, -0.1) is 0 Å². The van der Waals surface area contributed by atoms with E-state index in [9.17, 15) is 27.6 Å². The SMILES string of the molecule is COC(=O)C(C(=O)OC)(C(C)C(=O)c1ccc(Cl)cc1)C(F)(F)F. The van der Waals surface area contributed by atoms with Gasteiger partial charge in [-0.05, 0) is 24.3 Å². The third kappa shape index (κ3) is 3.24. The Labute approximate surface area is 140 Å². The lowest BCUT2D eigenvalue weighted by molar-refractivity contribution is -0.246. The molecule has 0 radical (unpaired) electrons. The molecule has 132 valence electrons. The summed E-state index contributed by atoms with van der Waals surface area (Å²) in [5, 5.41) is 0.266. The van der Waals surface area contributed by atoms with Crippen LogP contribution in [0.25, 0.3) is 0 Å². The number of ether oxygens (including phenoxy) is 2. The van der Waals surface area contributed by atoms with Crippen LogP contribution in [-0.4, -0.2) is 38.1 Å². The molecule has 0 saturated carbocycles. The molecular weight excluding hydrogens is 353 g/mol. The zero-order valence-electron chi connectivity index (χ0n) is 12.9. The summed E-state index contributed by atoms with van der Waals surface area (Å²) >= 11 is 5.66. The van der Waals surface area contributed by atoms with Crippen molar-refractivity contribution in [2.75, 3.05) is 14.2 Å². The van der Waals surface area contributed by atoms with E-state index in [0.717, 1.165) is 6.92 Å². The van der Waals surface area contributed by atoms with Gasteiger partial charge in [0.15, 0.2) is 5.78 Å². The summed E-state index contributed by atoms with van der Waals surface area (Å²) in [4.78, 5) is 36.2. The van der Waals surface area contributed by atoms with Crippen LogP contribution in [0.4, 0.5) is 13.2 Å². The van der Waals surface area contributed by atoms with E-state index < -0.39 is 35.2 Å². The Morgan fingerprint density at radius 1 is 1.00 bits per heavy atom. The van der Waals surface area contributed by atoms with Crippen LogP contribution in [0.3, 0.4) is 0 Å². The summed E-state index contributed by atoms with van der Waals surface area (Å²) in [5.74, 6) is -7.04. The number of hydrogen-bond acceptors (Lipinski definition) is 5. The molecule has 24 heavy (non-hydrogen) atoms. The Bertz CT molecular complexity index is 624. The second kappa shape index (κ2) is 7.21. The lowest BCUT2D eigenvalue weighted by Gasteiger charge is -2.34. The number of ketones is 1. The number of methoxy groups -OCH3 is 2. The van der Waals surface area contributed by atoms with Gasteiger partial charge in [-0.25, -0.2) is 0 Å². The number of rotatable bonds is 5. The minimum atomic E-state index is -5.41. The molecule has 0 aromatic heterocycles. The van der Waals surface area contributed by atoms with Gasteiger partial charge in [0.1, 0.15) is 0 Å². The van der Waals surface area contributed by atoms with Crippen molar-refractivity contribution in [3.8, 4) is 0 Å². The Kier molecular flexibility index (Phi) is 5.99. The molecule has 9 heteroatoms. The summed E-state index contributed by atoms with van der Waals surface area (Å²) in [5.41, 5.74) is -3.92. The van der Waals surface area contributed by atoms with Crippen LogP contribution in [-0.2, 0) is 19.1 Å². The second-order valence-corrected chi connectivity index (χ2v) is 5.32. The monoisotopic (exact) mass is 366 g/mol. The quantitative estimate of drug-likeness (QED) is 0.455. The minimum Gasteiger partial charge on any atom is -0.468 e. The van der Waals surface area contributed by atoms with Gasteiger partial charge in [-0.1, -0.05) is 18.5 Å². The topological polar surface area (TPSA) is 69.7 Å². The van der Waals surface area contributed by atoms with Gasteiger partial charge in [-0.3, -0.25) is 14.4 Å². The predicted molar refractivity (Wildman–Crippen MR) is 77.5 cm³/mol. The highest BCUT2D eigenvalue weighted by molar-refractivity contribution is 6.30. The van der Waals surface area contributed by atoms with Crippen molar-refractivity contribution >= 4 is 29.3 Å². The molecule has 1 aromatic carbocycles. The third-order valence-electron chi connectivity index (χ3n) is 3.63. The van der Waals surface area contributed by atoms with Crippen LogP contribution >= 0.6 is 11.6 Å². The summed E-state index contributed by atoms with van der Waals surface area (Å²) in [7, 11) is 1.37. The molecule has 0 aliphatic rings. The number of Topliss-reactive ketones (excluding diaryl/α,β-unsaturated/α-hetero) is 1. The number of carbonyl (C=O) groups is 3. The molecule has 1 aromatic rings. The first kappa shape index (κ1) is 20.0. The molecule has 0 aliphatic carbocycles. The van der Waals surface area contributed by atoms with Crippen LogP contribution in [0.2, 0.25) is 5.02 Å². The van der Waals surface area contributed by atoms with Crippen molar-refractivity contribution in [2.45, 2.75) is 13.1 Å². The predicted octanol–water partition coefficient (Wildman–Crippen LogP) is 3.05. The Morgan fingerprint density at radius 2 is 1.42 bits per heavy atom. The van der Waals surface area contributed by atoms with E-state index in [0.29, 0.717) is 14.2 Å². The first-order valence-electron chi connectivity index (χ1n) is 6.57. The zero-order chi connectivity index (χ0) is 18.7. The molecule has 1 atom stereocenters. The molecule has 1 unspecified atom stereocenters. The molecule has 0 amide bonds. The van der Waals surface area contributed by atoms with Gasteiger partial charge in [-0.2, -0.15) is 13.2 Å². The normalized spacial score (nSPS) is 13.1. The first-order valence-corrected chi connectivity index (χ1v) is 6.95. The van der Waals surface area contributed by atoms with E-state index in [-0.39, 0.29) is 10.6 Å². The van der Waals surface area contributed by atoms with Gasteiger partial charge in [0.2, 0.25) is 0 Å². The Morgan fingerprint density at radius 3 is 1.75 bits per heavy atom. The average molecular weight is 367 g/mol. The first-order chi connectivity index (χ1) is 11.0. The molecular formula is C15H14ClF3O5. The second-order valence-electron chi connectivity index (χ2n) is 4.88. The molecule has 0 N–H and O–H groups in total. The summed E-state index contributed by atoms with van der Waals surface area (Å²) in [6, 6.07) is 4.98. The highest BCUT2D eigenvalue weighted by Crippen LogP contribution is 2.47. The maximum absolute atomic E-state index is 13.7. The van der Waals surface area contributed by atoms with E-state index >= 15 is 0 Å². The van der Waals surface area contributed by atoms with E-state index in [2.05, 4.69) is 9.47 Å². The Balaban J connectivity index is 3.52. The zero-order valence-corrected chi connectivity index (χ0v) is 13.7. The molecule has 0 fully saturated rings. The highest BCUT2D eigenvalue weighted by Gasteiger charge is 2.72.